The lowest BCUT2D eigenvalue weighted by atomic mass is 10.2. The van der Waals surface area contributed by atoms with Crippen LogP contribution in [0, 0.1) is 11.8 Å². The second-order valence-corrected chi connectivity index (χ2v) is 6.17. The van der Waals surface area contributed by atoms with Gasteiger partial charge >= 0.3 is 0 Å². The summed E-state index contributed by atoms with van der Waals surface area (Å²) in [6.45, 7) is 4.38. The molecule has 0 bridgehead atoms. The highest BCUT2D eigenvalue weighted by molar-refractivity contribution is 5.92. The first-order chi connectivity index (χ1) is 11.5. The van der Waals surface area contributed by atoms with Crippen molar-refractivity contribution in [2.45, 2.75) is 39.3 Å². The van der Waals surface area contributed by atoms with Gasteiger partial charge in [0.2, 0.25) is 11.8 Å². The molecule has 0 radical (unpaired) electrons. The van der Waals surface area contributed by atoms with E-state index in [4.69, 9.17) is 9.47 Å². The summed E-state index contributed by atoms with van der Waals surface area (Å²) in [5.41, 5.74) is 0.919. The van der Waals surface area contributed by atoms with E-state index >= 15 is 0 Å². The minimum absolute atomic E-state index is 0.0179. The number of hydrogen-bond acceptors (Lipinski definition) is 4. The Labute approximate surface area is 142 Å². The summed E-state index contributed by atoms with van der Waals surface area (Å²) in [5.74, 6) is 0.779. The molecule has 1 saturated carbocycles. The molecular weight excluding hydrogens is 308 g/mol. The van der Waals surface area contributed by atoms with Crippen LogP contribution in [0.2, 0.25) is 0 Å². The van der Waals surface area contributed by atoms with Gasteiger partial charge in [0, 0.05) is 12.6 Å². The van der Waals surface area contributed by atoms with Crippen LogP contribution in [0.1, 0.15) is 32.3 Å². The SMILES string of the molecule is CCC(C)NC(=O)C1CC1C(=O)NCc1ccc(OC)c(OC)c1. The van der Waals surface area contributed by atoms with Gasteiger partial charge in [-0.05, 0) is 37.5 Å². The molecule has 1 aromatic rings. The van der Waals surface area contributed by atoms with Crippen molar-refractivity contribution < 1.29 is 19.1 Å². The van der Waals surface area contributed by atoms with Gasteiger partial charge in [-0.25, -0.2) is 0 Å². The predicted molar refractivity (Wildman–Crippen MR) is 90.9 cm³/mol. The Hall–Kier alpha value is -2.24. The number of ether oxygens (including phenoxy) is 2. The van der Waals surface area contributed by atoms with Crippen molar-refractivity contribution in [3.63, 3.8) is 0 Å². The van der Waals surface area contributed by atoms with Crippen molar-refractivity contribution in [3.8, 4) is 11.5 Å². The average Bonchev–Trinajstić information content (AvgIpc) is 3.40. The van der Waals surface area contributed by atoms with Crippen molar-refractivity contribution in [2.24, 2.45) is 11.8 Å². The maximum atomic E-state index is 12.2. The Balaban J connectivity index is 1.83. The minimum Gasteiger partial charge on any atom is -0.493 e. The highest BCUT2D eigenvalue weighted by atomic mass is 16.5. The molecule has 0 spiro atoms. The summed E-state index contributed by atoms with van der Waals surface area (Å²) >= 11 is 0. The van der Waals surface area contributed by atoms with Crippen LogP contribution in [0.5, 0.6) is 11.5 Å². The monoisotopic (exact) mass is 334 g/mol. The summed E-state index contributed by atoms with van der Waals surface area (Å²) in [4.78, 5) is 24.2. The lowest BCUT2D eigenvalue weighted by Gasteiger charge is -2.11. The Morgan fingerprint density at radius 3 is 2.46 bits per heavy atom. The van der Waals surface area contributed by atoms with Crippen molar-refractivity contribution >= 4 is 11.8 Å². The largest absolute Gasteiger partial charge is 0.493 e. The summed E-state index contributed by atoms with van der Waals surface area (Å²) in [5, 5.41) is 5.82. The summed E-state index contributed by atoms with van der Waals surface area (Å²) in [6.07, 6.45) is 1.51. The van der Waals surface area contributed by atoms with E-state index in [1.165, 1.54) is 0 Å². The van der Waals surface area contributed by atoms with E-state index < -0.39 is 0 Å². The summed E-state index contributed by atoms with van der Waals surface area (Å²) in [6, 6.07) is 5.66. The van der Waals surface area contributed by atoms with Gasteiger partial charge in [0.1, 0.15) is 0 Å². The zero-order chi connectivity index (χ0) is 17.7. The van der Waals surface area contributed by atoms with Gasteiger partial charge in [0.25, 0.3) is 0 Å². The standard InChI is InChI=1S/C18H26N2O4/c1-5-11(2)20-18(22)14-9-13(14)17(21)19-10-12-6-7-15(23-3)16(8-12)24-4/h6-8,11,13-14H,5,9-10H2,1-4H3,(H,19,21)(H,20,22). The molecule has 1 aromatic carbocycles. The van der Waals surface area contributed by atoms with E-state index in [0.717, 1.165) is 12.0 Å². The number of rotatable bonds is 8. The van der Waals surface area contributed by atoms with Crippen LogP contribution < -0.4 is 20.1 Å². The van der Waals surface area contributed by atoms with Gasteiger partial charge < -0.3 is 20.1 Å². The Kier molecular flexibility index (Phi) is 6.06. The van der Waals surface area contributed by atoms with Gasteiger partial charge in [0.05, 0.1) is 26.1 Å². The van der Waals surface area contributed by atoms with Gasteiger partial charge in [-0.2, -0.15) is 0 Å². The minimum atomic E-state index is -0.214. The Morgan fingerprint density at radius 1 is 1.17 bits per heavy atom. The third kappa shape index (κ3) is 4.40. The molecule has 0 aromatic heterocycles. The van der Waals surface area contributed by atoms with Gasteiger partial charge in [-0.1, -0.05) is 13.0 Å². The van der Waals surface area contributed by atoms with Crippen molar-refractivity contribution in [1.29, 1.82) is 0 Å². The number of benzene rings is 1. The number of methoxy groups -OCH3 is 2. The van der Waals surface area contributed by atoms with Crippen molar-refractivity contribution in [3.05, 3.63) is 23.8 Å². The van der Waals surface area contributed by atoms with Crippen LogP contribution in [-0.4, -0.2) is 32.1 Å². The van der Waals surface area contributed by atoms with Crippen LogP contribution in [0.25, 0.3) is 0 Å². The second-order valence-electron chi connectivity index (χ2n) is 6.17. The highest BCUT2D eigenvalue weighted by Gasteiger charge is 2.47. The first kappa shape index (κ1) is 18.1. The summed E-state index contributed by atoms with van der Waals surface area (Å²) in [7, 11) is 3.15. The first-order valence-corrected chi connectivity index (χ1v) is 8.29. The first-order valence-electron chi connectivity index (χ1n) is 8.29. The molecule has 3 unspecified atom stereocenters. The van der Waals surface area contributed by atoms with Crippen LogP contribution in [0.4, 0.5) is 0 Å². The highest BCUT2D eigenvalue weighted by Crippen LogP contribution is 2.39. The maximum Gasteiger partial charge on any atom is 0.224 e. The van der Waals surface area contributed by atoms with E-state index in [0.29, 0.717) is 24.5 Å². The van der Waals surface area contributed by atoms with E-state index in [1.807, 2.05) is 26.0 Å². The second kappa shape index (κ2) is 8.04. The predicted octanol–water partition coefficient (Wildman–Crippen LogP) is 1.87. The zero-order valence-corrected chi connectivity index (χ0v) is 14.7. The van der Waals surface area contributed by atoms with Crippen LogP contribution in [0.15, 0.2) is 18.2 Å². The third-order valence-corrected chi connectivity index (χ3v) is 4.38. The number of carbonyl (C=O) groups excluding carboxylic acids is 2. The lowest BCUT2D eigenvalue weighted by molar-refractivity contribution is -0.127. The molecule has 24 heavy (non-hydrogen) atoms. The van der Waals surface area contributed by atoms with Gasteiger partial charge in [-0.3, -0.25) is 9.59 Å². The topological polar surface area (TPSA) is 76.7 Å². The fraction of sp³-hybridized carbons (Fsp3) is 0.556. The van der Waals surface area contributed by atoms with Crippen molar-refractivity contribution in [2.75, 3.05) is 14.2 Å². The van der Waals surface area contributed by atoms with E-state index in [2.05, 4.69) is 10.6 Å². The number of hydrogen-bond donors (Lipinski definition) is 2. The van der Waals surface area contributed by atoms with Crippen LogP contribution >= 0.6 is 0 Å². The molecule has 2 rings (SSSR count). The number of amides is 2. The summed E-state index contributed by atoms with van der Waals surface area (Å²) < 4.78 is 10.4. The molecule has 2 N–H and O–H groups in total. The molecule has 6 nitrogen and oxygen atoms in total. The third-order valence-electron chi connectivity index (χ3n) is 4.38. The average molecular weight is 334 g/mol. The molecule has 0 heterocycles. The van der Waals surface area contributed by atoms with Crippen LogP contribution in [0.3, 0.4) is 0 Å². The normalized spacial score (nSPS) is 20.0. The smallest absolute Gasteiger partial charge is 0.224 e. The van der Waals surface area contributed by atoms with Crippen molar-refractivity contribution in [1.82, 2.24) is 10.6 Å². The fourth-order valence-corrected chi connectivity index (χ4v) is 2.54. The zero-order valence-electron chi connectivity index (χ0n) is 14.7. The van der Waals surface area contributed by atoms with E-state index in [1.54, 1.807) is 20.3 Å². The molecule has 1 aliphatic rings. The molecule has 1 aliphatic carbocycles. The van der Waals surface area contributed by atoms with Gasteiger partial charge in [-0.15, -0.1) is 0 Å². The van der Waals surface area contributed by atoms with Crippen LogP contribution in [-0.2, 0) is 16.1 Å². The number of nitrogens with one attached hydrogen (secondary N) is 2. The molecule has 0 aliphatic heterocycles. The Bertz CT molecular complexity index is 603. The molecule has 2 amide bonds. The number of carbonyl (C=O) groups is 2. The molecule has 0 saturated heterocycles. The van der Waals surface area contributed by atoms with E-state index in [-0.39, 0.29) is 29.7 Å². The van der Waals surface area contributed by atoms with Gasteiger partial charge in [0.15, 0.2) is 11.5 Å². The molecule has 132 valence electrons. The molecule has 3 atom stereocenters. The lowest BCUT2D eigenvalue weighted by Crippen LogP contribution is -2.35. The molecular formula is C18H26N2O4. The quantitative estimate of drug-likeness (QED) is 0.761. The molecule has 6 heteroatoms. The maximum absolute atomic E-state index is 12.2. The Morgan fingerprint density at radius 2 is 1.83 bits per heavy atom. The fourth-order valence-electron chi connectivity index (χ4n) is 2.54. The molecule has 1 fully saturated rings. The van der Waals surface area contributed by atoms with E-state index in [9.17, 15) is 9.59 Å².